The van der Waals surface area contributed by atoms with E-state index in [1.54, 1.807) is 24.3 Å². The van der Waals surface area contributed by atoms with Crippen molar-refractivity contribution in [3.63, 3.8) is 0 Å². The van der Waals surface area contributed by atoms with E-state index in [0.29, 0.717) is 28.6 Å². The summed E-state index contributed by atoms with van der Waals surface area (Å²) >= 11 is 0. The van der Waals surface area contributed by atoms with Gasteiger partial charge in [-0.3, -0.25) is 4.79 Å². The first-order valence-corrected chi connectivity index (χ1v) is 7.85. The van der Waals surface area contributed by atoms with E-state index in [1.165, 1.54) is 12.1 Å². The van der Waals surface area contributed by atoms with Crippen LogP contribution in [0.2, 0.25) is 0 Å². The lowest BCUT2D eigenvalue weighted by Crippen LogP contribution is -2.13. The van der Waals surface area contributed by atoms with E-state index in [1.807, 2.05) is 0 Å². The van der Waals surface area contributed by atoms with E-state index in [2.05, 4.69) is 20.8 Å². The highest BCUT2D eigenvalue weighted by atomic mass is 19.2. The smallest absolute Gasteiger partial charge is 0.257 e. The summed E-state index contributed by atoms with van der Waals surface area (Å²) in [5, 5.41) is 13.2. The number of benzene rings is 2. The number of fused-ring (bicyclic) bond motifs is 1. The number of rotatable bonds is 4. The summed E-state index contributed by atoms with van der Waals surface area (Å²) < 4.78 is 36.6. The van der Waals surface area contributed by atoms with Crippen LogP contribution in [-0.2, 0) is 0 Å². The van der Waals surface area contributed by atoms with Gasteiger partial charge in [0.1, 0.15) is 0 Å². The van der Waals surface area contributed by atoms with Crippen molar-refractivity contribution in [3.05, 3.63) is 65.7 Å². The number of nitrogens with zero attached hydrogens (tertiary/aromatic N) is 2. The van der Waals surface area contributed by atoms with Gasteiger partial charge in [-0.05, 0) is 42.5 Å². The van der Waals surface area contributed by atoms with Gasteiger partial charge in [-0.1, -0.05) is 0 Å². The molecule has 0 spiro atoms. The number of carbonyl (C=O) groups excluding carboxylic acids is 1. The minimum atomic E-state index is -0.972. The third kappa shape index (κ3) is 3.61. The number of amides is 1. The second kappa shape index (κ2) is 6.87. The molecule has 4 rings (SSSR count). The number of aromatic nitrogens is 2. The van der Waals surface area contributed by atoms with Crippen LogP contribution < -0.4 is 20.1 Å². The molecule has 0 saturated heterocycles. The zero-order valence-electron chi connectivity index (χ0n) is 13.7. The summed E-state index contributed by atoms with van der Waals surface area (Å²) in [7, 11) is 0. The molecular formula is C18H12F2N4O3. The Morgan fingerprint density at radius 3 is 2.44 bits per heavy atom. The molecule has 1 aliphatic heterocycles. The lowest BCUT2D eigenvalue weighted by molar-refractivity contribution is 0.102. The average Bonchev–Trinajstić information content (AvgIpc) is 3.14. The lowest BCUT2D eigenvalue weighted by atomic mass is 10.2. The monoisotopic (exact) mass is 370 g/mol. The highest BCUT2D eigenvalue weighted by molar-refractivity contribution is 6.04. The molecule has 2 N–H and O–H groups in total. The van der Waals surface area contributed by atoms with Crippen molar-refractivity contribution < 1.29 is 23.0 Å². The second-order valence-corrected chi connectivity index (χ2v) is 5.58. The first-order valence-electron chi connectivity index (χ1n) is 7.85. The minimum absolute atomic E-state index is 0.123. The summed E-state index contributed by atoms with van der Waals surface area (Å²) in [5.74, 6) is -0.674. The quantitative estimate of drug-likeness (QED) is 0.731. The molecule has 7 nitrogen and oxygen atoms in total. The van der Waals surface area contributed by atoms with Gasteiger partial charge in [0.25, 0.3) is 5.91 Å². The van der Waals surface area contributed by atoms with E-state index in [0.717, 1.165) is 12.1 Å². The molecule has 27 heavy (non-hydrogen) atoms. The number of anilines is 3. The Morgan fingerprint density at radius 1 is 0.889 bits per heavy atom. The topological polar surface area (TPSA) is 85.4 Å². The highest BCUT2D eigenvalue weighted by Gasteiger charge is 2.16. The van der Waals surface area contributed by atoms with Crippen LogP contribution in [0.1, 0.15) is 10.4 Å². The van der Waals surface area contributed by atoms with Gasteiger partial charge in [-0.25, -0.2) is 8.78 Å². The van der Waals surface area contributed by atoms with Crippen LogP contribution >= 0.6 is 0 Å². The van der Waals surface area contributed by atoms with Crippen LogP contribution in [0.15, 0.2) is 48.5 Å². The maximum atomic E-state index is 13.2. The van der Waals surface area contributed by atoms with E-state index < -0.39 is 11.6 Å². The minimum Gasteiger partial charge on any atom is -0.454 e. The summed E-state index contributed by atoms with van der Waals surface area (Å²) in [5.41, 5.74) is 0.699. The number of hydrogen-bond acceptors (Lipinski definition) is 6. The van der Waals surface area contributed by atoms with Crippen LogP contribution in [0, 0.1) is 11.6 Å². The molecule has 9 heteroatoms. The molecule has 0 radical (unpaired) electrons. The predicted molar refractivity (Wildman–Crippen MR) is 92.2 cm³/mol. The summed E-state index contributed by atoms with van der Waals surface area (Å²) in [6.45, 7) is 0.123. The zero-order chi connectivity index (χ0) is 18.8. The van der Waals surface area contributed by atoms with Crippen molar-refractivity contribution in [3.8, 4) is 11.5 Å². The Bertz CT molecular complexity index is 1010. The fourth-order valence-corrected chi connectivity index (χ4v) is 2.41. The molecule has 1 aromatic heterocycles. The molecule has 1 amide bonds. The number of carbonyl (C=O) groups is 1. The van der Waals surface area contributed by atoms with Gasteiger partial charge < -0.3 is 20.1 Å². The van der Waals surface area contributed by atoms with Crippen molar-refractivity contribution in [1.29, 1.82) is 0 Å². The molecule has 1 aliphatic rings. The van der Waals surface area contributed by atoms with Gasteiger partial charge in [-0.15, -0.1) is 10.2 Å². The van der Waals surface area contributed by atoms with Crippen molar-refractivity contribution in [1.82, 2.24) is 10.2 Å². The van der Waals surface area contributed by atoms with Crippen LogP contribution in [0.4, 0.5) is 26.1 Å². The first kappa shape index (κ1) is 16.7. The predicted octanol–water partition coefficient (Wildman–Crippen LogP) is 3.48. The van der Waals surface area contributed by atoms with E-state index in [4.69, 9.17) is 9.47 Å². The molecule has 0 atom stereocenters. The molecule has 136 valence electrons. The standard InChI is InChI=1S/C18H12F2N4O3/c19-12-3-2-11(8-13(12)20)21-16-5-6-17(24-23-16)22-18(25)10-1-4-14-15(7-10)27-9-26-14/h1-8H,9H2,(H,21,23)(H,22,24,25). The SMILES string of the molecule is O=C(Nc1ccc(Nc2ccc(F)c(F)c2)nn1)c1ccc2c(c1)OCO2. The van der Waals surface area contributed by atoms with E-state index in [-0.39, 0.29) is 18.5 Å². The van der Waals surface area contributed by atoms with Crippen molar-refractivity contribution >= 4 is 23.2 Å². The first-order chi connectivity index (χ1) is 13.1. The van der Waals surface area contributed by atoms with E-state index in [9.17, 15) is 13.6 Å². The number of ether oxygens (including phenoxy) is 2. The molecule has 0 aliphatic carbocycles. The fraction of sp³-hybridized carbons (Fsp3) is 0.0556. The Kier molecular flexibility index (Phi) is 4.25. The van der Waals surface area contributed by atoms with Crippen molar-refractivity contribution in [2.75, 3.05) is 17.4 Å². The third-order valence-corrected chi connectivity index (χ3v) is 3.73. The average molecular weight is 370 g/mol. The molecule has 3 aromatic rings. The van der Waals surface area contributed by atoms with Gasteiger partial charge in [0.15, 0.2) is 34.8 Å². The van der Waals surface area contributed by atoms with Gasteiger partial charge in [0, 0.05) is 17.3 Å². The highest BCUT2D eigenvalue weighted by Crippen LogP contribution is 2.32. The van der Waals surface area contributed by atoms with Crippen LogP contribution in [0.25, 0.3) is 0 Å². The van der Waals surface area contributed by atoms with Gasteiger partial charge >= 0.3 is 0 Å². The Morgan fingerprint density at radius 2 is 1.67 bits per heavy atom. The number of nitrogens with one attached hydrogen (secondary N) is 2. The normalized spacial score (nSPS) is 11.9. The maximum Gasteiger partial charge on any atom is 0.257 e. The van der Waals surface area contributed by atoms with Crippen LogP contribution in [0.3, 0.4) is 0 Å². The molecule has 2 aromatic carbocycles. The molecule has 0 unspecified atom stereocenters. The lowest BCUT2D eigenvalue weighted by Gasteiger charge is -2.07. The summed E-state index contributed by atoms with van der Waals surface area (Å²) in [4.78, 5) is 12.3. The van der Waals surface area contributed by atoms with Gasteiger partial charge in [-0.2, -0.15) is 0 Å². The van der Waals surface area contributed by atoms with Gasteiger partial charge in [0.2, 0.25) is 6.79 Å². The largest absolute Gasteiger partial charge is 0.454 e. The molecular weight excluding hydrogens is 358 g/mol. The van der Waals surface area contributed by atoms with E-state index >= 15 is 0 Å². The molecule has 0 fully saturated rings. The second-order valence-electron chi connectivity index (χ2n) is 5.58. The fourth-order valence-electron chi connectivity index (χ4n) is 2.41. The molecule has 0 saturated carbocycles. The number of hydrogen-bond donors (Lipinski definition) is 2. The maximum absolute atomic E-state index is 13.2. The van der Waals surface area contributed by atoms with Crippen molar-refractivity contribution in [2.24, 2.45) is 0 Å². The van der Waals surface area contributed by atoms with Crippen molar-refractivity contribution in [2.45, 2.75) is 0 Å². The Hall–Kier alpha value is -3.75. The van der Waals surface area contributed by atoms with Crippen LogP contribution in [0.5, 0.6) is 11.5 Å². The number of halogens is 2. The third-order valence-electron chi connectivity index (χ3n) is 3.73. The molecule has 0 bridgehead atoms. The zero-order valence-corrected chi connectivity index (χ0v) is 13.7. The Balaban J connectivity index is 1.43. The molecule has 2 heterocycles. The summed E-state index contributed by atoms with van der Waals surface area (Å²) in [6.07, 6.45) is 0. The Labute approximate surface area is 151 Å². The summed E-state index contributed by atoms with van der Waals surface area (Å²) in [6, 6.07) is 11.3. The van der Waals surface area contributed by atoms with Gasteiger partial charge in [0.05, 0.1) is 0 Å². The van der Waals surface area contributed by atoms with Crippen LogP contribution in [-0.4, -0.2) is 22.9 Å².